The van der Waals surface area contributed by atoms with Gasteiger partial charge in [0.05, 0.1) is 18.4 Å². The predicted octanol–water partition coefficient (Wildman–Crippen LogP) is 3.58. The number of hydrogen-bond acceptors (Lipinski definition) is 6. The molecule has 2 heterocycles. The van der Waals surface area contributed by atoms with Crippen LogP contribution in [0.5, 0.6) is 0 Å². The molecule has 31 heavy (non-hydrogen) atoms. The summed E-state index contributed by atoms with van der Waals surface area (Å²) in [5.41, 5.74) is 0.986. The van der Waals surface area contributed by atoms with E-state index in [-0.39, 0.29) is 23.4 Å². The molecule has 0 bridgehead atoms. The third-order valence-electron chi connectivity index (χ3n) is 5.42. The summed E-state index contributed by atoms with van der Waals surface area (Å²) in [6.07, 6.45) is 4.58. The Morgan fingerprint density at radius 2 is 1.94 bits per heavy atom. The average molecular weight is 426 g/mol. The third kappa shape index (κ3) is 6.72. The van der Waals surface area contributed by atoms with Gasteiger partial charge in [0.1, 0.15) is 11.5 Å². The number of rotatable bonds is 12. The summed E-state index contributed by atoms with van der Waals surface area (Å²) in [6, 6.07) is 9.47. The molecule has 1 aliphatic heterocycles. The zero-order chi connectivity index (χ0) is 22.1. The van der Waals surface area contributed by atoms with Crippen LogP contribution >= 0.6 is 0 Å². The molecule has 3 rings (SSSR count). The second-order valence-corrected chi connectivity index (χ2v) is 7.83. The van der Waals surface area contributed by atoms with Gasteiger partial charge in [-0.1, -0.05) is 18.0 Å². The molecule has 0 radical (unpaired) electrons. The molecular weight excluding hydrogens is 399 g/mol. The first-order valence-electron chi connectivity index (χ1n) is 10.7. The summed E-state index contributed by atoms with van der Waals surface area (Å²) < 4.78 is 18.2. The second-order valence-electron chi connectivity index (χ2n) is 7.83. The molecule has 1 N–H and O–H groups in total. The van der Waals surface area contributed by atoms with Crippen molar-refractivity contribution in [3.05, 3.63) is 41.8 Å². The highest BCUT2D eigenvalue weighted by Crippen LogP contribution is 2.22. The zero-order valence-electron chi connectivity index (χ0n) is 17.5. The van der Waals surface area contributed by atoms with E-state index in [1.54, 1.807) is 18.2 Å². The number of nitriles is 1. The molecule has 0 spiro atoms. The Morgan fingerprint density at radius 1 is 1.19 bits per heavy atom. The van der Waals surface area contributed by atoms with Crippen LogP contribution in [0.25, 0.3) is 11.3 Å². The van der Waals surface area contributed by atoms with E-state index < -0.39 is 0 Å². The van der Waals surface area contributed by atoms with Crippen LogP contribution in [-0.2, 0) is 4.79 Å². The van der Waals surface area contributed by atoms with E-state index in [1.807, 2.05) is 6.07 Å². The maximum absolute atomic E-state index is 13.0. The fourth-order valence-corrected chi connectivity index (χ4v) is 3.56. The third-order valence-corrected chi connectivity index (χ3v) is 5.42. The van der Waals surface area contributed by atoms with Gasteiger partial charge in [-0.05, 0) is 43.7 Å². The number of carbonyl (C=O) groups excluding carboxylic acids is 2. The van der Waals surface area contributed by atoms with Gasteiger partial charge in [0.2, 0.25) is 5.91 Å². The molecule has 7 nitrogen and oxygen atoms in total. The van der Waals surface area contributed by atoms with Gasteiger partial charge in [0.15, 0.2) is 11.5 Å². The number of Topliss-reactive ketones (excluding diaryl/α,β-unsaturated/α-hetero) is 1. The lowest BCUT2D eigenvalue weighted by Gasteiger charge is -2.38. The normalized spacial score (nSPS) is 14.1. The standard InChI is InChI=1S/C23H27FN4O3/c24-19-9-7-17(8-10-19)22-14-20(27-31-22)21(29)6-3-1-2-4-13-28-15-18(16-28)23(30)26-12-5-11-25/h7-10,14,18H,1-6,12-13,15-16H2,(H,26,30). The summed E-state index contributed by atoms with van der Waals surface area (Å²) >= 11 is 0. The highest BCUT2D eigenvalue weighted by molar-refractivity contribution is 5.94. The Kier molecular flexibility index (Phi) is 8.30. The number of nitrogens with one attached hydrogen (secondary N) is 1. The largest absolute Gasteiger partial charge is 0.356 e. The number of likely N-dealkylation sites (tertiary alicyclic amines) is 1. The summed E-state index contributed by atoms with van der Waals surface area (Å²) in [6.45, 7) is 2.94. The van der Waals surface area contributed by atoms with Crippen LogP contribution in [0.2, 0.25) is 0 Å². The van der Waals surface area contributed by atoms with E-state index in [1.165, 1.54) is 12.1 Å². The molecule has 1 fully saturated rings. The van der Waals surface area contributed by atoms with E-state index in [4.69, 9.17) is 9.78 Å². The number of nitrogens with zero attached hydrogens (tertiary/aromatic N) is 3. The minimum absolute atomic E-state index is 0.0403. The molecule has 1 aliphatic rings. The van der Waals surface area contributed by atoms with Crippen molar-refractivity contribution in [2.24, 2.45) is 5.92 Å². The van der Waals surface area contributed by atoms with Gasteiger partial charge >= 0.3 is 0 Å². The Balaban J connectivity index is 1.25. The lowest BCUT2D eigenvalue weighted by atomic mass is 9.98. The minimum atomic E-state index is -0.328. The number of halogens is 1. The number of benzene rings is 1. The van der Waals surface area contributed by atoms with Crippen molar-refractivity contribution in [3.8, 4) is 17.4 Å². The number of carbonyl (C=O) groups is 2. The summed E-state index contributed by atoms with van der Waals surface area (Å²) in [7, 11) is 0. The van der Waals surface area contributed by atoms with Crippen LogP contribution in [0.15, 0.2) is 34.9 Å². The lowest BCUT2D eigenvalue weighted by Crippen LogP contribution is -2.53. The molecule has 1 aromatic carbocycles. The number of ketones is 1. The first-order chi connectivity index (χ1) is 15.1. The van der Waals surface area contributed by atoms with Crippen molar-refractivity contribution < 1.29 is 18.5 Å². The summed E-state index contributed by atoms with van der Waals surface area (Å²) in [4.78, 5) is 26.4. The van der Waals surface area contributed by atoms with Gasteiger partial charge in [0.25, 0.3) is 0 Å². The van der Waals surface area contributed by atoms with Crippen molar-refractivity contribution in [1.29, 1.82) is 5.26 Å². The maximum atomic E-state index is 13.0. The molecule has 1 amide bonds. The lowest BCUT2D eigenvalue weighted by molar-refractivity contribution is -0.130. The van der Waals surface area contributed by atoms with Crippen LogP contribution in [0, 0.1) is 23.1 Å². The second kappa shape index (κ2) is 11.4. The molecule has 8 heteroatoms. The quantitative estimate of drug-likeness (QED) is 0.411. The molecule has 0 unspecified atom stereocenters. The van der Waals surface area contributed by atoms with Crippen LogP contribution < -0.4 is 5.32 Å². The average Bonchev–Trinajstić information content (AvgIpc) is 3.22. The van der Waals surface area contributed by atoms with E-state index >= 15 is 0 Å². The monoisotopic (exact) mass is 426 g/mol. The maximum Gasteiger partial charge on any atom is 0.225 e. The Labute approximate surface area is 181 Å². The molecule has 2 aromatic rings. The predicted molar refractivity (Wildman–Crippen MR) is 112 cm³/mol. The Hall–Kier alpha value is -3.05. The van der Waals surface area contributed by atoms with Gasteiger partial charge in [-0.15, -0.1) is 0 Å². The number of hydrogen-bond donors (Lipinski definition) is 1. The van der Waals surface area contributed by atoms with Crippen molar-refractivity contribution >= 4 is 11.7 Å². The fraction of sp³-hybridized carbons (Fsp3) is 0.478. The molecule has 1 aromatic heterocycles. The molecule has 0 atom stereocenters. The van der Waals surface area contributed by atoms with Crippen LogP contribution in [-0.4, -0.2) is 47.9 Å². The molecule has 1 saturated heterocycles. The van der Waals surface area contributed by atoms with Gasteiger partial charge in [-0.2, -0.15) is 5.26 Å². The van der Waals surface area contributed by atoms with E-state index in [9.17, 15) is 14.0 Å². The fourth-order valence-electron chi connectivity index (χ4n) is 3.56. The van der Waals surface area contributed by atoms with Crippen LogP contribution in [0.3, 0.4) is 0 Å². The van der Waals surface area contributed by atoms with Gasteiger partial charge in [0, 0.05) is 37.7 Å². The van der Waals surface area contributed by atoms with E-state index in [2.05, 4.69) is 15.4 Å². The van der Waals surface area contributed by atoms with E-state index in [0.717, 1.165) is 45.3 Å². The zero-order valence-corrected chi connectivity index (χ0v) is 17.5. The molecular formula is C23H27FN4O3. The van der Waals surface area contributed by atoms with Crippen molar-refractivity contribution in [2.75, 3.05) is 26.2 Å². The minimum Gasteiger partial charge on any atom is -0.356 e. The smallest absolute Gasteiger partial charge is 0.225 e. The van der Waals surface area contributed by atoms with Gasteiger partial charge in [-0.3, -0.25) is 9.59 Å². The van der Waals surface area contributed by atoms with Gasteiger partial charge < -0.3 is 14.7 Å². The summed E-state index contributed by atoms with van der Waals surface area (Å²) in [5, 5.41) is 15.1. The highest BCUT2D eigenvalue weighted by atomic mass is 19.1. The van der Waals surface area contributed by atoms with Crippen LogP contribution in [0.1, 0.15) is 49.0 Å². The van der Waals surface area contributed by atoms with Crippen LogP contribution in [0.4, 0.5) is 4.39 Å². The molecule has 164 valence electrons. The highest BCUT2D eigenvalue weighted by Gasteiger charge is 2.31. The molecule has 0 aliphatic carbocycles. The first kappa shape index (κ1) is 22.6. The first-order valence-corrected chi connectivity index (χ1v) is 10.7. The summed E-state index contributed by atoms with van der Waals surface area (Å²) in [5.74, 6) is 0.157. The number of amides is 1. The van der Waals surface area contributed by atoms with E-state index in [0.29, 0.717) is 36.4 Å². The van der Waals surface area contributed by atoms with Crippen molar-refractivity contribution in [3.63, 3.8) is 0 Å². The number of aromatic nitrogens is 1. The molecule has 0 saturated carbocycles. The Bertz CT molecular complexity index is 914. The van der Waals surface area contributed by atoms with Crippen molar-refractivity contribution in [2.45, 2.75) is 38.5 Å². The van der Waals surface area contributed by atoms with Gasteiger partial charge in [-0.25, -0.2) is 4.39 Å². The number of unbranched alkanes of at least 4 members (excludes halogenated alkanes) is 3. The Morgan fingerprint density at radius 3 is 2.68 bits per heavy atom. The SMILES string of the molecule is N#CCCNC(=O)C1CN(CCCCCCC(=O)c2cc(-c3ccc(F)cc3)on2)C1. The van der Waals surface area contributed by atoms with Crippen molar-refractivity contribution in [1.82, 2.24) is 15.4 Å². The topological polar surface area (TPSA) is 99.2 Å².